The molecule has 0 aromatic heterocycles. The highest BCUT2D eigenvalue weighted by Gasteiger charge is 2.22. The van der Waals surface area contributed by atoms with Crippen LogP contribution in [-0.4, -0.2) is 20.4 Å². The quantitative estimate of drug-likeness (QED) is 0.290. The molecule has 0 aliphatic rings. The van der Waals surface area contributed by atoms with Gasteiger partial charge in [-0.15, -0.1) is 0 Å². The SMILES string of the molecule is Cc1cc(O)c(O)c(Br)c1Cc1c(Br)c(O)c(O)c(Br)c1Br. The topological polar surface area (TPSA) is 80.9 Å². The first-order valence-electron chi connectivity index (χ1n) is 5.93. The zero-order valence-electron chi connectivity index (χ0n) is 11.1. The molecule has 0 saturated carbocycles. The third-order valence-electron chi connectivity index (χ3n) is 3.26. The maximum Gasteiger partial charge on any atom is 0.174 e. The minimum atomic E-state index is -0.276. The van der Waals surface area contributed by atoms with E-state index in [2.05, 4.69) is 63.7 Å². The van der Waals surface area contributed by atoms with Crippen LogP contribution in [0.3, 0.4) is 0 Å². The van der Waals surface area contributed by atoms with Gasteiger partial charge in [-0.2, -0.15) is 0 Å². The molecule has 118 valence electrons. The van der Waals surface area contributed by atoms with E-state index < -0.39 is 0 Å². The van der Waals surface area contributed by atoms with Crippen LogP contribution in [0.2, 0.25) is 0 Å². The second kappa shape index (κ2) is 6.59. The molecule has 22 heavy (non-hydrogen) atoms. The van der Waals surface area contributed by atoms with E-state index in [0.717, 1.165) is 11.1 Å². The monoisotopic (exact) mass is 558 g/mol. The zero-order valence-corrected chi connectivity index (χ0v) is 17.4. The number of rotatable bonds is 2. The molecule has 2 rings (SSSR count). The van der Waals surface area contributed by atoms with Gasteiger partial charge < -0.3 is 20.4 Å². The lowest BCUT2D eigenvalue weighted by molar-refractivity contribution is 0.397. The van der Waals surface area contributed by atoms with Crippen LogP contribution in [0.15, 0.2) is 24.0 Å². The molecule has 0 atom stereocenters. The minimum absolute atomic E-state index is 0.207. The van der Waals surface area contributed by atoms with Gasteiger partial charge in [0, 0.05) is 10.9 Å². The van der Waals surface area contributed by atoms with Gasteiger partial charge in [0.1, 0.15) is 0 Å². The maximum absolute atomic E-state index is 9.96. The summed E-state index contributed by atoms with van der Waals surface area (Å²) in [6.45, 7) is 1.80. The van der Waals surface area contributed by atoms with E-state index in [0.29, 0.717) is 29.9 Å². The van der Waals surface area contributed by atoms with Crippen molar-refractivity contribution in [2.45, 2.75) is 13.3 Å². The highest BCUT2D eigenvalue weighted by molar-refractivity contribution is 9.13. The molecule has 0 amide bonds. The van der Waals surface area contributed by atoms with E-state index in [1.165, 1.54) is 6.07 Å². The molecule has 4 nitrogen and oxygen atoms in total. The average Bonchev–Trinajstić information content (AvgIpc) is 2.48. The van der Waals surface area contributed by atoms with E-state index in [4.69, 9.17) is 0 Å². The third-order valence-corrected chi connectivity index (χ3v) is 7.15. The molecule has 0 aliphatic heterocycles. The predicted octanol–water partition coefficient (Wildman–Crippen LogP) is 5.46. The Morgan fingerprint density at radius 3 is 1.82 bits per heavy atom. The third kappa shape index (κ3) is 2.98. The Balaban J connectivity index is 2.66. The summed E-state index contributed by atoms with van der Waals surface area (Å²) in [5.41, 5.74) is 2.19. The van der Waals surface area contributed by atoms with Crippen LogP contribution in [0.25, 0.3) is 0 Å². The van der Waals surface area contributed by atoms with Crippen molar-refractivity contribution in [1.82, 2.24) is 0 Å². The van der Waals surface area contributed by atoms with Crippen LogP contribution in [0, 0.1) is 6.92 Å². The van der Waals surface area contributed by atoms with Crippen molar-refractivity contribution in [3.8, 4) is 23.0 Å². The second-order valence-electron chi connectivity index (χ2n) is 4.65. The number of halogens is 4. The first kappa shape index (κ1) is 17.9. The van der Waals surface area contributed by atoms with Crippen LogP contribution in [-0.2, 0) is 6.42 Å². The molecule has 0 radical (unpaired) electrons. The molecule has 0 aliphatic carbocycles. The highest BCUT2D eigenvalue weighted by Crippen LogP contribution is 2.48. The molecule has 2 aromatic carbocycles. The summed E-state index contributed by atoms with van der Waals surface area (Å²) in [6, 6.07) is 1.46. The fourth-order valence-corrected chi connectivity index (χ4v) is 4.42. The fourth-order valence-electron chi connectivity index (χ4n) is 2.02. The smallest absolute Gasteiger partial charge is 0.174 e. The molecule has 8 heteroatoms. The molecular weight excluding hydrogens is 552 g/mol. The molecule has 0 bridgehead atoms. The van der Waals surface area contributed by atoms with Crippen LogP contribution in [0.4, 0.5) is 0 Å². The zero-order chi connectivity index (χ0) is 16.8. The summed E-state index contributed by atoms with van der Waals surface area (Å²) in [7, 11) is 0. The van der Waals surface area contributed by atoms with Gasteiger partial charge in [-0.05, 0) is 93.4 Å². The molecule has 0 fully saturated rings. The van der Waals surface area contributed by atoms with Gasteiger partial charge in [0.15, 0.2) is 23.0 Å². The molecule has 0 unspecified atom stereocenters. The molecule has 2 aromatic rings. The van der Waals surface area contributed by atoms with Crippen molar-refractivity contribution in [2.24, 2.45) is 0 Å². The molecule has 4 N–H and O–H groups in total. The summed E-state index contributed by atoms with van der Waals surface area (Å²) < 4.78 is 1.64. The largest absolute Gasteiger partial charge is 0.504 e. The van der Waals surface area contributed by atoms with Crippen LogP contribution in [0.1, 0.15) is 16.7 Å². The van der Waals surface area contributed by atoms with Gasteiger partial charge in [-0.25, -0.2) is 0 Å². The average molecular weight is 562 g/mol. The lowest BCUT2D eigenvalue weighted by Crippen LogP contribution is -1.98. The summed E-state index contributed by atoms with van der Waals surface area (Å²) in [4.78, 5) is 0. The summed E-state index contributed by atoms with van der Waals surface area (Å²) in [5, 5.41) is 39.3. The number of aromatic hydroxyl groups is 4. The number of phenolic OH excluding ortho intramolecular Hbond substituents is 4. The summed E-state index contributed by atoms with van der Waals surface area (Å²) >= 11 is 13.1. The van der Waals surface area contributed by atoms with E-state index in [1.807, 2.05) is 0 Å². The van der Waals surface area contributed by atoms with Crippen LogP contribution in [0.5, 0.6) is 23.0 Å². The molecule has 0 heterocycles. The molecular formula is C14H10Br4O4. The summed E-state index contributed by atoms with van der Waals surface area (Å²) in [6.07, 6.45) is 0.341. The van der Waals surface area contributed by atoms with Gasteiger partial charge in [-0.1, -0.05) is 0 Å². The normalized spacial score (nSPS) is 11.0. The van der Waals surface area contributed by atoms with Crippen LogP contribution < -0.4 is 0 Å². The van der Waals surface area contributed by atoms with E-state index >= 15 is 0 Å². The summed E-state index contributed by atoms with van der Waals surface area (Å²) in [5.74, 6) is -0.996. The van der Waals surface area contributed by atoms with Crippen molar-refractivity contribution >= 4 is 63.7 Å². The van der Waals surface area contributed by atoms with Crippen molar-refractivity contribution in [3.63, 3.8) is 0 Å². The Hall–Kier alpha value is -0.440. The van der Waals surface area contributed by atoms with Gasteiger partial charge >= 0.3 is 0 Å². The molecule has 0 saturated heterocycles. The van der Waals surface area contributed by atoms with E-state index in [-0.39, 0.29) is 23.0 Å². The predicted molar refractivity (Wildman–Crippen MR) is 97.9 cm³/mol. The number of aryl methyl sites for hydroxylation is 1. The number of phenols is 4. The Bertz CT molecular complexity index is 745. The Morgan fingerprint density at radius 1 is 0.727 bits per heavy atom. The molecule has 0 spiro atoms. The second-order valence-corrected chi connectivity index (χ2v) is 7.82. The fraction of sp³-hybridized carbons (Fsp3) is 0.143. The number of hydrogen-bond acceptors (Lipinski definition) is 4. The van der Waals surface area contributed by atoms with Gasteiger partial charge in [0.05, 0.1) is 13.4 Å². The number of hydrogen-bond donors (Lipinski definition) is 4. The highest BCUT2D eigenvalue weighted by atomic mass is 79.9. The van der Waals surface area contributed by atoms with Gasteiger partial charge in [-0.3, -0.25) is 0 Å². The van der Waals surface area contributed by atoms with E-state index in [9.17, 15) is 20.4 Å². The Morgan fingerprint density at radius 2 is 1.23 bits per heavy atom. The first-order valence-corrected chi connectivity index (χ1v) is 9.11. The Kier molecular flexibility index (Phi) is 5.36. The van der Waals surface area contributed by atoms with Crippen molar-refractivity contribution in [2.75, 3.05) is 0 Å². The van der Waals surface area contributed by atoms with Crippen molar-refractivity contribution < 1.29 is 20.4 Å². The lowest BCUT2D eigenvalue weighted by atomic mass is 9.99. The number of benzene rings is 2. The van der Waals surface area contributed by atoms with Crippen molar-refractivity contribution in [3.05, 3.63) is 40.6 Å². The van der Waals surface area contributed by atoms with Gasteiger partial charge in [0.2, 0.25) is 0 Å². The van der Waals surface area contributed by atoms with Crippen molar-refractivity contribution in [1.29, 1.82) is 0 Å². The minimum Gasteiger partial charge on any atom is -0.504 e. The Labute approximate surface area is 160 Å². The van der Waals surface area contributed by atoms with Crippen LogP contribution >= 0.6 is 63.7 Å². The van der Waals surface area contributed by atoms with Gasteiger partial charge in [0.25, 0.3) is 0 Å². The first-order chi connectivity index (χ1) is 10.2. The maximum atomic E-state index is 9.96. The standard InChI is InChI=1S/C14H10Br4O4/c1-4-2-7(19)12(20)9(16)5(4)3-6-8(15)11(18)14(22)13(21)10(6)17/h2,19-22H,3H2,1H3. The lowest BCUT2D eigenvalue weighted by Gasteiger charge is -2.16. The van der Waals surface area contributed by atoms with E-state index in [1.54, 1.807) is 6.92 Å².